The van der Waals surface area contributed by atoms with Crippen LogP contribution in [-0.2, 0) is 14.6 Å². The van der Waals surface area contributed by atoms with Crippen LogP contribution in [0.15, 0.2) is 4.99 Å². The van der Waals surface area contributed by atoms with Crippen LogP contribution in [0.2, 0.25) is 0 Å². The van der Waals surface area contributed by atoms with E-state index in [1.807, 2.05) is 0 Å². The number of rotatable bonds is 5. The number of guanidine groups is 1. The number of hydrogen-bond acceptors (Lipinski definition) is 5. The average Bonchev–Trinajstić information content (AvgIpc) is 2.47. The molecule has 1 N–H and O–H groups in total. The summed E-state index contributed by atoms with van der Waals surface area (Å²) in [5.74, 6) is 0.894. The van der Waals surface area contributed by atoms with E-state index >= 15 is 0 Å². The monoisotopic (exact) mass is 334 g/mol. The number of nitrogens with one attached hydrogen (secondary N) is 1. The van der Waals surface area contributed by atoms with Gasteiger partial charge in [-0.05, 0) is 13.3 Å². The highest BCUT2D eigenvalue weighted by Gasteiger charge is 2.23. The summed E-state index contributed by atoms with van der Waals surface area (Å²) in [5, 5.41) is 3.16. The van der Waals surface area contributed by atoms with Gasteiger partial charge in [-0.15, -0.1) is 0 Å². The lowest BCUT2D eigenvalue weighted by Crippen LogP contribution is -2.54. The topological polar surface area (TPSA) is 91.3 Å². The lowest BCUT2D eigenvalue weighted by Gasteiger charge is -2.35. The van der Waals surface area contributed by atoms with Crippen molar-refractivity contribution in [3.8, 4) is 0 Å². The summed E-state index contributed by atoms with van der Waals surface area (Å²) in [6.45, 7) is 5.23. The minimum absolute atomic E-state index is 0.160. The van der Waals surface area contributed by atoms with Gasteiger partial charge in [0.2, 0.25) is 0 Å². The molecule has 1 aliphatic heterocycles. The molecule has 1 heterocycles. The third-order valence-electron chi connectivity index (χ3n) is 3.29. The van der Waals surface area contributed by atoms with E-state index in [1.54, 1.807) is 18.9 Å². The van der Waals surface area contributed by atoms with Gasteiger partial charge in [0.1, 0.15) is 9.84 Å². The van der Waals surface area contributed by atoms with E-state index in [4.69, 9.17) is 4.74 Å². The number of carbonyl (C=O) groups is 1. The second-order valence-electron chi connectivity index (χ2n) is 5.13. The van der Waals surface area contributed by atoms with Crippen LogP contribution < -0.4 is 5.32 Å². The van der Waals surface area contributed by atoms with E-state index in [9.17, 15) is 13.2 Å². The molecular formula is C13H26N4O4S. The summed E-state index contributed by atoms with van der Waals surface area (Å²) in [4.78, 5) is 19.6. The van der Waals surface area contributed by atoms with Gasteiger partial charge in [-0.3, -0.25) is 4.99 Å². The highest BCUT2D eigenvalue weighted by molar-refractivity contribution is 7.90. The Labute approximate surface area is 132 Å². The fourth-order valence-corrected chi connectivity index (χ4v) is 2.85. The average molecular weight is 334 g/mol. The van der Waals surface area contributed by atoms with Gasteiger partial charge in [-0.2, -0.15) is 0 Å². The lowest BCUT2D eigenvalue weighted by molar-refractivity contribution is 0.0915. The molecule has 1 rings (SSSR count). The van der Waals surface area contributed by atoms with E-state index < -0.39 is 9.84 Å². The summed E-state index contributed by atoms with van der Waals surface area (Å²) >= 11 is 0. The molecule has 1 amide bonds. The summed E-state index contributed by atoms with van der Waals surface area (Å²) in [6, 6.07) is 0. The third kappa shape index (κ3) is 6.50. The molecule has 0 spiro atoms. The Morgan fingerprint density at radius 1 is 1.23 bits per heavy atom. The maximum absolute atomic E-state index is 11.6. The predicted octanol–water partition coefficient (Wildman–Crippen LogP) is -0.229. The molecule has 1 saturated heterocycles. The van der Waals surface area contributed by atoms with Crippen LogP contribution in [-0.4, -0.2) is 88.7 Å². The summed E-state index contributed by atoms with van der Waals surface area (Å²) < 4.78 is 27.1. The van der Waals surface area contributed by atoms with Crippen molar-refractivity contribution in [3.63, 3.8) is 0 Å². The van der Waals surface area contributed by atoms with Crippen LogP contribution in [0.25, 0.3) is 0 Å². The predicted molar refractivity (Wildman–Crippen MR) is 85.9 cm³/mol. The number of amides is 1. The summed E-state index contributed by atoms with van der Waals surface area (Å²) in [6.07, 6.45) is 1.50. The molecule has 0 aromatic rings. The standard InChI is InChI=1S/C13H26N4O4S/c1-4-21-13(18)17-9-7-16(8-10-17)12(14-2)15-6-5-11-22(3,19)20/h4-11H2,1-3H3,(H,14,15). The first-order chi connectivity index (χ1) is 10.4. The van der Waals surface area contributed by atoms with Crippen LogP contribution in [0.1, 0.15) is 13.3 Å². The number of aliphatic imine (C=N–C) groups is 1. The summed E-state index contributed by atoms with van der Waals surface area (Å²) in [7, 11) is -1.24. The Balaban J connectivity index is 2.36. The Bertz CT molecular complexity index is 484. The molecule has 128 valence electrons. The molecular weight excluding hydrogens is 308 g/mol. The fourth-order valence-electron chi connectivity index (χ4n) is 2.18. The van der Waals surface area contributed by atoms with Crippen LogP contribution in [0.5, 0.6) is 0 Å². The maximum Gasteiger partial charge on any atom is 0.409 e. The number of nitrogens with zero attached hydrogens (tertiary/aromatic N) is 3. The molecule has 0 aromatic carbocycles. The molecule has 1 fully saturated rings. The summed E-state index contributed by atoms with van der Waals surface area (Å²) in [5.41, 5.74) is 0. The van der Waals surface area contributed by atoms with Gasteiger partial charge < -0.3 is 19.9 Å². The molecule has 0 aliphatic carbocycles. The van der Waals surface area contributed by atoms with Gasteiger partial charge >= 0.3 is 6.09 Å². The van der Waals surface area contributed by atoms with Crippen molar-refractivity contribution in [1.29, 1.82) is 0 Å². The second kappa shape index (κ2) is 8.82. The van der Waals surface area contributed by atoms with Gasteiger partial charge in [0.25, 0.3) is 0 Å². The molecule has 0 unspecified atom stereocenters. The van der Waals surface area contributed by atoms with Crippen molar-refractivity contribution in [2.45, 2.75) is 13.3 Å². The van der Waals surface area contributed by atoms with Crippen molar-refractivity contribution in [2.24, 2.45) is 4.99 Å². The molecule has 0 aromatic heterocycles. The van der Waals surface area contributed by atoms with E-state index in [0.29, 0.717) is 45.8 Å². The number of carbonyl (C=O) groups excluding carboxylic acids is 1. The molecule has 0 bridgehead atoms. The van der Waals surface area contributed by atoms with E-state index in [-0.39, 0.29) is 11.8 Å². The number of piperazine rings is 1. The van der Waals surface area contributed by atoms with E-state index in [0.717, 1.165) is 5.96 Å². The first-order valence-corrected chi connectivity index (χ1v) is 9.48. The first-order valence-electron chi connectivity index (χ1n) is 7.42. The number of sulfone groups is 1. The molecule has 0 saturated carbocycles. The van der Waals surface area contributed by atoms with Gasteiger partial charge in [0.05, 0.1) is 12.4 Å². The molecule has 9 heteroatoms. The van der Waals surface area contributed by atoms with Crippen LogP contribution in [0.4, 0.5) is 4.79 Å². The van der Waals surface area contributed by atoms with Gasteiger partial charge in [0, 0.05) is 46.0 Å². The smallest absolute Gasteiger partial charge is 0.409 e. The molecule has 0 radical (unpaired) electrons. The Morgan fingerprint density at radius 2 is 1.82 bits per heavy atom. The molecule has 8 nitrogen and oxygen atoms in total. The lowest BCUT2D eigenvalue weighted by atomic mass is 10.3. The first kappa shape index (κ1) is 18.5. The van der Waals surface area contributed by atoms with Crippen molar-refractivity contribution in [2.75, 3.05) is 58.4 Å². The highest BCUT2D eigenvalue weighted by Crippen LogP contribution is 2.04. The SMILES string of the molecule is CCOC(=O)N1CCN(C(=NC)NCCCS(C)(=O)=O)CC1. The van der Waals surface area contributed by atoms with Gasteiger partial charge in [0.15, 0.2) is 5.96 Å². The Morgan fingerprint density at radius 3 is 2.32 bits per heavy atom. The van der Waals surface area contributed by atoms with Crippen molar-refractivity contribution in [3.05, 3.63) is 0 Å². The highest BCUT2D eigenvalue weighted by atomic mass is 32.2. The normalized spacial score (nSPS) is 16.6. The largest absolute Gasteiger partial charge is 0.450 e. The Kier molecular flexibility index (Phi) is 7.43. The van der Waals surface area contributed by atoms with E-state index in [1.165, 1.54) is 6.26 Å². The molecule has 0 atom stereocenters. The van der Waals surface area contributed by atoms with Crippen LogP contribution in [0.3, 0.4) is 0 Å². The van der Waals surface area contributed by atoms with Crippen molar-refractivity contribution in [1.82, 2.24) is 15.1 Å². The molecule has 22 heavy (non-hydrogen) atoms. The van der Waals surface area contributed by atoms with Gasteiger partial charge in [-0.1, -0.05) is 0 Å². The zero-order valence-electron chi connectivity index (χ0n) is 13.5. The minimum Gasteiger partial charge on any atom is -0.450 e. The van der Waals surface area contributed by atoms with E-state index in [2.05, 4.69) is 15.2 Å². The fraction of sp³-hybridized carbons (Fsp3) is 0.846. The number of ether oxygens (including phenoxy) is 1. The second-order valence-corrected chi connectivity index (χ2v) is 7.39. The molecule has 1 aliphatic rings. The third-order valence-corrected chi connectivity index (χ3v) is 4.32. The van der Waals surface area contributed by atoms with Crippen LogP contribution in [0, 0.1) is 0 Å². The van der Waals surface area contributed by atoms with Gasteiger partial charge in [-0.25, -0.2) is 13.2 Å². The maximum atomic E-state index is 11.6. The Hall–Kier alpha value is -1.51. The quantitative estimate of drug-likeness (QED) is 0.424. The van der Waals surface area contributed by atoms with Crippen molar-refractivity contribution < 1.29 is 17.9 Å². The van der Waals surface area contributed by atoms with Crippen molar-refractivity contribution >= 4 is 21.9 Å². The number of hydrogen-bond donors (Lipinski definition) is 1. The zero-order chi connectivity index (χ0) is 16.6. The zero-order valence-corrected chi connectivity index (χ0v) is 14.4. The van der Waals surface area contributed by atoms with Crippen LogP contribution >= 0.6 is 0 Å². The minimum atomic E-state index is -2.93.